The van der Waals surface area contributed by atoms with Gasteiger partial charge in [-0.15, -0.1) is 0 Å². The van der Waals surface area contributed by atoms with Gasteiger partial charge in [0.2, 0.25) is 0 Å². The van der Waals surface area contributed by atoms with E-state index in [0.717, 1.165) is 5.56 Å². The van der Waals surface area contributed by atoms with E-state index < -0.39 is 4.92 Å². The third-order valence-electron chi connectivity index (χ3n) is 3.60. The highest BCUT2D eigenvalue weighted by molar-refractivity contribution is 6.30. The Labute approximate surface area is 132 Å². The van der Waals surface area contributed by atoms with Crippen LogP contribution in [0, 0.1) is 10.1 Å². The minimum absolute atomic E-state index is 0.0126. The van der Waals surface area contributed by atoms with Crippen LogP contribution in [-0.2, 0) is 4.74 Å². The van der Waals surface area contributed by atoms with Crippen LogP contribution >= 0.6 is 11.6 Å². The maximum absolute atomic E-state index is 10.7. The Bertz CT molecular complexity index is 678. The topological polar surface area (TPSA) is 68.5 Å². The first-order chi connectivity index (χ1) is 10.6. The molecule has 1 aliphatic heterocycles. The first-order valence-corrected chi connectivity index (χ1v) is 7.23. The molecule has 2 aromatic rings. The van der Waals surface area contributed by atoms with Gasteiger partial charge in [-0.25, -0.2) is 4.98 Å². The Kier molecular flexibility index (Phi) is 4.22. The lowest BCUT2D eigenvalue weighted by Crippen LogP contribution is -2.40. The van der Waals surface area contributed by atoms with Crippen LogP contribution in [0.4, 0.5) is 11.5 Å². The van der Waals surface area contributed by atoms with E-state index in [9.17, 15) is 10.1 Å². The zero-order valence-corrected chi connectivity index (χ0v) is 12.4. The molecule has 22 heavy (non-hydrogen) atoms. The van der Waals surface area contributed by atoms with Crippen LogP contribution in [0.2, 0.25) is 5.02 Å². The highest BCUT2D eigenvalue weighted by Crippen LogP contribution is 2.30. The zero-order chi connectivity index (χ0) is 15.5. The van der Waals surface area contributed by atoms with Gasteiger partial charge in [0.25, 0.3) is 5.69 Å². The molecular formula is C15H14ClN3O3. The molecule has 1 atom stereocenters. The van der Waals surface area contributed by atoms with Crippen LogP contribution < -0.4 is 4.90 Å². The molecular weight excluding hydrogens is 306 g/mol. The van der Waals surface area contributed by atoms with Crippen molar-refractivity contribution in [3.63, 3.8) is 0 Å². The molecule has 1 saturated heterocycles. The maximum Gasteiger partial charge on any atom is 0.287 e. The monoisotopic (exact) mass is 319 g/mol. The summed E-state index contributed by atoms with van der Waals surface area (Å²) in [6.07, 6.45) is 1.28. The number of ether oxygens (including phenoxy) is 1. The second-order valence-electron chi connectivity index (χ2n) is 4.97. The molecule has 7 heteroatoms. The molecule has 1 aromatic carbocycles. The van der Waals surface area contributed by atoms with Crippen LogP contribution in [0.5, 0.6) is 0 Å². The fourth-order valence-electron chi connectivity index (χ4n) is 2.52. The average molecular weight is 320 g/mol. The second-order valence-corrected chi connectivity index (χ2v) is 5.41. The summed E-state index contributed by atoms with van der Waals surface area (Å²) in [7, 11) is 0. The smallest absolute Gasteiger partial charge is 0.287 e. The molecule has 0 N–H and O–H groups in total. The third-order valence-corrected chi connectivity index (χ3v) is 3.83. The Morgan fingerprint density at radius 3 is 2.91 bits per heavy atom. The number of anilines is 1. The summed E-state index contributed by atoms with van der Waals surface area (Å²) in [5.74, 6) is 0.693. The van der Waals surface area contributed by atoms with E-state index in [4.69, 9.17) is 16.3 Å². The predicted octanol–water partition coefficient (Wildman–Crippen LogP) is 3.22. The lowest BCUT2D eigenvalue weighted by Gasteiger charge is -2.36. The number of hydrogen-bond acceptors (Lipinski definition) is 5. The van der Waals surface area contributed by atoms with Crippen molar-refractivity contribution >= 4 is 23.1 Å². The standard InChI is InChI=1S/C15H14ClN3O3/c16-12-3-1-2-11(8-12)14-10-22-7-6-18(14)15-5-4-13(9-17-15)19(20)21/h1-5,8-9,14H,6-7,10H2. The number of halogens is 1. The lowest BCUT2D eigenvalue weighted by molar-refractivity contribution is -0.385. The summed E-state index contributed by atoms with van der Waals surface area (Å²) in [4.78, 5) is 16.6. The van der Waals surface area contributed by atoms with Gasteiger partial charge in [-0.2, -0.15) is 0 Å². The number of nitrogens with zero attached hydrogens (tertiary/aromatic N) is 3. The van der Waals surface area contributed by atoms with Gasteiger partial charge in [-0.3, -0.25) is 10.1 Å². The van der Waals surface area contributed by atoms with Gasteiger partial charge >= 0.3 is 0 Å². The van der Waals surface area contributed by atoms with Crippen molar-refractivity contribution in [2.75, 3.05) is 24.7 Å². The molecule has 0 amide bonds. The second kappa shape index (κ2) is 6.29. The molecule has 0 saturated carbocycles. The predicted molar refractivity (Wildman–Crippen MR) is 83.2 cm³/mol. The van der Waals surface area contributed by atoms with Gasteiger partial charge in [0, 0.05) is 17.6 Å². The molecule has 6 nitrogen and oxygen atoms in total. The van der Waals surface area contributed by atoms with Crippen LogP contribution in [0.15, 0.2) is 42.6 Å². The molecule has 0 aliphatic carbocycles. The van der Waals surface area contributed by atoms with Gasteiger partial charge in [0.05, 0.1) is 24.2 Å². The van der Waals surface area contributed by atoms with E-state index in [1.165, 1.54) is 12.3 Å². The molecule has 0 bridgehead atoms. The highest BCUT2D eigenvalue weighted by Gasteiger charge is 2.26. The van der Waals surface area contributed by atoms with Crippen molar-refractivity contribution in [2.24, 2.45) is 0 Å². The summed E-state index contributed by atoms with van der Waals surface area (Å²) in [6, 6.07) is 10.7. The van der Waals surface area contributed by atoms with Gasteiger partial charge in [-0.1, -0.05) is 23.7 Å². The Balaban J connectivity index is 1.90. The Hall–Kier alpha value is -2.18. The molecule has 1 aliphatic rings. The fourth-order valence-corrected chi connectivity index (χ4v) is 2.72. The molecule has 2 heterocycles. The van der Waals surface area contributed by atoms with Crippen molar-refractivity contribution < 1.29 is 9.66 Å². The van der Waals surface area contributed by atoms with E-state index >= 15 is 0 Å². The summed E-state index contributed by atoms with van der Waals surface area (Å²) >= 11 is 6.06. The quantitative estimate of drug-likeness (QED) is 0.642. The molecule has 0 spiro atoms. The minimum atomic E-state index is -0.454. The van der Waals surface area contributed by atoms with Crippen molar-refractivity contribution in [2.45, 2.75) is 6.04 Å². The van der Waals surface area contributed by atoms with E-state index in [0.29, 0.717) is 30.6 Å². The summed E-state index contributed by atoms with van der Waals surface area (Å²) in [5, 5.41) is 11.4. The van der Waals surface area contributed by atoms with E-state index in [1.54, 1.807) is 6.07 Å². The number of hydrogen-bond donors (Lipinski definition) is 0. The van der Waals surface area contributed by atoms with Crippen molar-refractivity contribution in [3.8, 4) is 0 Å². The lowest BCUT2D eigenvalue weighted by atomic mass is 10.0. The van der Waals surface area contributed by atoms with Gasteiger partial charge in [0.1, 0.15) is 12.0 Å². The number of morpholine rings is 1. The third kappa shape index (κ3) is 3.03. The maximum atomic E-state index is 10.7. The van der Waals surface area contributed by atoms with E-state index in [2.05, 4.69) is 9.88 Å². The molecule has 1 fully saturated rings. The van der Waals surface area contributed by atoms with E-state index in [1.807, 2.05) is 24.3 Å². The van der Waals surface area contributed by atoms with Gasteiger partial charge < -0.3 is 9.64 Å². The molecule has 1 unspecified atom stereocenters. The Morgan fingerprint density at radius 1 is 1.36 bits per heavy atom. The van der Waals surface area contributed by atoms with Crippen molar-refractivity contribution in [3.05, 3.63) is 63.3 Å². The fraction of sp³-hybridized carbons (Fsp3) is 0.267. The average Bonchev–Trinajstić information content (AvgIpc) is 2.55. The van der Waals surface area contributed by atoms with Crippen LogP contribution in [-0.4, -0.2) is 29.7 Å². The number of nitro groups is 1. The molecule has 3 rings (SSSR count). The number of benzene rings is 1. The molecule has 1 aromatic heterocycles. The highest BCUT2D eigenvalue weighted by atomic mass is 35.5. The first kappa shape index (κ1) is 14.7. The largest absolute Gasteiger partial charge is 0.377 e. The van der Waals surface area contributed by atoms with Crippen molar-refractivity contribution in [1.29, 1.82) is 0 Å². The normalized spacial score (nSPS) is 18.2. The number of rotatable bonds is 3. The van der Waals surface area contributed by atoms with Crippen LogP contribution in [0.25, 0.3) is 0 Å². The molecule has 0 radical (unpaired) electrons. The van der Waals surface area contributed by atoms with Gasteiger partial charge in [-0.05, 0) is 23.8 Å². The van der Waals surface area contributed by atoms with E-state index in [-0.39, 0.29) is 11.7 Å². The first-order valence-electron chi connectivity index (χ1n) is 6.85. The Morgan fingerprint density at radius 2 is 2.23 bits per heavy atom. The SMILES string of the molecule is O=[N+]([O-])c1ccc(N2CCOCC2c2cccc(Cl)c2)nc1. The summed E-state index contributed by atoms with van der Waals surface area (Å²) in [5.41, 5.74) is 1.02. The van der Waals surface area contributed by atoms with Crippen molar-refractivity contribution in [1.82, 2.24) is 4.98 Å². The number of pyridine rings is 1. The number of aromatic nitrogens is 1. The van der Waals surface area contributed by atoms with Crippen LogP contribution in [0.1, 0.15) is 11.6 Å². The minimum Gasteiger partial charge on any atom is -0.377 e. The molecule has 114 valence electrons. The zero-order valence-electron chi connectivity index (χ0n) is 11.7. The summed E-state index contributed by atoms with van der Waals surface area (Å²) < 4.78 is 5.57. The summed E-state index contributed by atoms with van der Waals surface area (Å²) in [6.45, 7) is 1.79. The van der Waals surface area contributed by atoms with Crippen LogP contribution in [0.3, 0.4) is 0 Å². The van der Waals surface area contributed by atoms with Gasteiger partial charge in [0.15, 0.2) is 0 Å².